The fourth-order valence-electron chi connectivity index (χ4n) is 2.12. The maximum absolute atomic E-state index is 12.2. The first-order chi connectivity index (χ1) is 9.54. The van der Waals surface area contributed by atoms with E-state index in [0.29, 0.717) is 10.9 Å². The summed E-state index contributed by atoms with van der Waals surface area (Å²) >= 11 is 8.41. The number of nitrogens with one attached hydrogen (secondary N) is 1. The SMILES string of the molecule is O=S(=O)(NC1CCN(c2nccs2)C1)c1ccc(Cl)s1. The largest absolute Gasteiger partial charge is 0.346 e. The lowest BCUT2D eigenvalue weighted by molar-refractivity contribution is 0.563. The van der Waals surface area contributed by atoms with Crippen LogP contribution in [0.3, 0.4) is 0 Å². The van der Waals surface area contributed by atoms with Crippen molar-refractivity contribution in [3.8, 4) is 0 Å². The van der Waals surface area contributed by atoms with Gasteiger partial charge in [-0.25, -0.2) is 18.1 Å². The number of hydrogen-bond donors (Lipinski definition) is 1. The maximum atomic E-state index is 12.2. The Morgan fingerprint density at radius 3 is 2.95 bits per heavy atom. The van der Waals surface area contributed by atoms with E-state index in [1.54, 1.807) is 23.6 Å². The summed E-state index contributed by atoms with van der Waals surface area (Å²) in [4.78, 5) is 6.34. The van der Waals surface area contributed by atoms with Crippen molar-refractivity contribution in [2.45, 2.75) is 16.7 Å². The number of thiophene rings is 1. The Morgan fingerprint density at radius 2 is 2.30 bits per heavy atom. The first-order valence-corrected chi connectivity index (χ1v) is 9.52. The number of rotatable bonds is 4. The summed E-state index contributed by atoms with van der Waals surface area (Å²) in [6.07, 6.45) is 2.53. The van der Waals surface area contributed by atoms with Crippen LogP contribution in [0.4, 0.5) is 5.13 Å². The molecule has 2 aromatic rings. The quantitative estimate of drug-likeness (QED) is 0.920. The van der Waals surface area contributed by atoms with Gasteiger partial charge in [0.15, 0.2) is 5.13 Å². The molecule has 2 aromatic heterocycles. The highest BCUT2D eigenvalue weighted by atomic mass is 35.5. The fraction of sp³-hybridized carbons (Fsp3) is 0.364. The van der Waals surface area contributed by atoms with Gasteiger partial charge in [-0.3, -0.25) is 0 Å². The van der Waals surface area contributed by atoms with Crippen molar-refractivity contribution >= 4 is 49.4 Å². The van der Waals surface area contributed by atoms with Crippen molar-refractivity contribution in [1.29, 1.82) is 0 Å². The average molecular weight is 350 g/mol. The summed E-state index contributed by atoms with van der Waals surface area (Å²) in [7, 11) is -3.47. The number of halogens is 1. The molecule has 0 saturated carbocycles. The van der Waals surface area contributed by atoms with E-state index >= 15 is 0 Å². The molecule has 0 bridgehead atoms. The monoisotopic (exact) mass is 349 g/mol. The zero-order chi connectivity index (χ0) is 14.2. The predicted molar refractivity (Wildman–Crippen MR) is 82.4 cm³/mol. The van der Waals surface area contributed by atoms with E-state index in [2.05, 4.69) is 14.6 Å². The molecular weight excluding hydrogens is 338 g/mol. The van der Waals surface area contributed by atoms with Gasteiger partial charge in [-0.05, 0) is 18.6 Å². The van der Waals surface area contributed by atoms with E-state index < -0.39 is 10.0 Å². The second-order valence-corrected chi connectivity index (χ2v) is 8.96. The molecular formula is C11H12ClN3O2S3. The van der Waals surface area contributed by atoms with Gasteiger partial charge in [0.05, 0.1) is 4.34 Å². The van der Waals surface area contributed by atoms with Crippen molar-refractivity contribution in [2.75, 3.05) is 18.0 Å². The lowest BCUT2D eigenvalue weighted by Crippen LogP contribution is -2.36. The van der Waals surface area contributed by atoms with Crippen LogP contribution in [-0.4, -0.2) is 32.5 Å². The number of sulfonamides is 1. The first kappa shape index (κ1) is 14.3. The summed E-state index contributed by atoms with van der Waals surface area (Å²) in [6, 6.07) is 3.03. The third kappa shape index (κ3) is 2.99. The second-order valence-electron chi connectivity index (χ2n) is 4.43. The van der Waals surface area contributed by atoms with Crippen molar-refractivity contribution < 1.29 is 8.42 Å². The summed E-state index contributed by atoms with van der Waals surface area (Å²) in [5.74, 6) is 0. The smallest absolute Gasteiger partial charge is 0.250 e. The topological polar surface area (TPSA) is 62.3 Å². The fourth-order valence-corrected chi connectivity index (χ4v) is 5.56. The van der Waals surface area contributed by atoms with Crippen LogP contribution in [0, 0.1) is 0 Å². The molecule has 1 fully saturated rings. The van der Waals surface area contributed by atoms with E-state index in [-0.39, 0.29) is 10.3 Å². The molecule has 1 atom stereocenters. The third-order valence-corrected chi connectivity index (χ3v) is 7.09. The molecule has 0 aromatic carbocycles. The normalized spacial score (nSPS) is 19.6. The second kappa shape index (κ2) is 5.61. The molecule has 0 spiro atoms. The lowest BCUT2D eigenvalue weighted by Gasteiger charge is -2.15. The van der Waals surface area contributed by atoms with Gasteiger partial charge < -0.3 is 4.90 Å². The van der Waals surface area contributed by atoms with Gasteiger partial charge in [-0.1, -0.05) is 11.6 Å². The van der Waals surface area contributed by atoms with Crippen LogP contribution in [0.1, 0.15) is 6.42 Å². The molecule has 3 rings (SSSR count). The molecule has 1 aliphatic rings. The van der Waals surface area contributed by atoms with Gasteiger partial charge in [0, 0.05) is 30.7 Å². The van der Waals surface area contributed by atoms with Crippen molar-refractivity contribution in [3.05, 3.63) is 28.0 Å². The average Bonchev–Trinajstić information content (AvgIpc) is 3.06. The zero-order valence-corrected chi connectivity index (χ0v) is 13.5. The molecule has 9 heteroatoms. The number of nitrogens with zero attached hydrogens (tertiary/aromatic N) is 2. The summed E-state index contributed by atoms with van der Waals surface area (Å²) in [5, 5.41) is 2.85. The predicted octanol–water partition coefficient (Wildman–Crippen LogP) is 2.42. The molecule has 1 N–H and O–H groups in total. The number of anilines is 1. The Labute approximate surface area is 130 Å². The molecule has 1 aliphatic heterocycles. The first-order valence-electron chi connectivity index (χ1n) is 5.97. The highest BCUT2D eigenvalue weighted by Gasteiger charge is 2.29. The molecule has 20 heavy (non-hydrogen) atoms. The van der Waals surface area contributed by atoms with Gasteiger partial charge in [-0.2, -0.15) is 0 Å². The molecule has 1 saturated heterocycles. The van der Waals surface area contributed by atoms with Crippen LogP contribution in [-0.2, 0) is 10.0 Å². The van der Waals surface area contributed by atoms with Crippen LogP contribution < -0.4 is 9.62 Å². The van der Waals surface area contributed by atoms with E-state index in [4.69, 9.17) is 11.6 Å². The molecule has 108 valence electrons. The van der Waals surface area contributed by atoms with E-state index in [1.165, 1.54) is 6.07 Å². The number of thiazole rings is 1. The minimum atomic E-state index is -3.47. The minimum Gasteiger partial charge on any atom is -0.346 e. The van der Waals surface area contributed by atoms with E-state index in [0.717, 1.165) is 29.4 Å². The highest BCUT2D eigenvalue weighted by Crippen LogP contribution is 2.27. The maximum Gasteiger partial charge on any atom is 0.250 e. The number of hydrogen-bond acceptors (Lipinski definition) is 6. The molecule has 3 heterocycles. The minimum absolute atomic E-state index is 0.0928. The van der Waals surface area contributed by atoms with Gasteiger partial charge in [-0.15, -0.1) is 22.7 Å². The molecule has 0 radical (unpaired) electrons. The summed E-state index contributed by atoms with van der Waals surface area (Å²) < 4.78 is 27.9. The molecule has 0 aliphatic carbocycles. The zero-order valence-electron chi connectivity index (χ0n) is 10.3. The summed E-state index contributed by atoms with van der Waals surface area (Å²) in [6.45, 7) is 1.46. The van der Waals surface area contributed by atoms with Gasteiger partial charge in [0.2, 0.25) is 10.0 Å². The summed E-state index contributed by atoms with van der Waals surface area (Å²) in [5.41, 5.74) is 0. The van der Waals surface area contributed by atoms with Crippen molar-refractivity contribution in [2.24, 2.45) is 0 Å². The number of aromatic nitrogens is 1. The van der Waals surface area contributed by atoms with Crippen LogP contribution in [0.5, 0.6) is 0 Å². The Hall–Kier alpha value is -0.670. The van der Waals surface area contributed by atoms with Crippen molar-refractivity contribution in [1.82, 2.24) is 9.71 Å². The van der Waals surface area contributed by atoms with Gasteiger partial charge in [0.1, 0.15) is 4.21 Å². The molecule has 1 unspecified atom stereocenters. The molecule has 5 nitrogen and oxygen atoms in total. The Bertz CT molecular complexity index is 684. The van der Waals surface area contributed by atoms with E-state index in [1.807, 2.05) is 5.38 Å². The van der Waals surface area contributed by atoms with Crippen LogP contribution in [0.2, 0.25) is 4.34 Å². The third-order valence-electron chi connectivity index (χ3n) is 3.01. The molecule has 0 amide bonds. The van der Waals surface area contributed by atoms with Crippen LogP contribution in [0.15, 0.2) is 27.9 Å². The lowest BCUT2D eigenvalue weighted by atomic mass is 10.3. The van der Waals surface area contributed by atoms with Crippen molar-refractivity contribution in [3.63, 3.8) is 0 Å². The standard InChI is InChI=1S/C11H12ClN3O2S3/c12-9-1-2-10(19-9)20(16,17)14-8-3-5-15(7-8)11-13-4-6-18-11/h1-2,4,6,8,14H,3,5,7H2. The van der Waals surface area contributed by atoms with Crippen LogP contribution in [0.25, 0.3) is 0 Å². The van der Waals surface area contributed by atoms with E-state index in [9.17, 15) is 8.42 Å². The Kier molecular flexibility index (Phi) is 4.00. The highest BCUT2D eigenvalue weighted by molar-refractivity contribution is 7.91. The Morgan fingerprint density at radius 1 is 1.45 bits per heavy atom. The Balaban J connectivity index is 1.67. The van der Waals surface area contributed by atoms with Gasteiger partial charge >= 0.3 is 0 Å². The van der Waals surface area contributed by atoms with Crippen LogP contribution >= 0.6 is 34.3 Å². The van der Waals surface area contributed by atoms with Gasteiger partial charge in [0.25, 0.3) is 0 Å².